The number of ketones is 1. The number of Topliss-reactive ketones (excluding diaryl/α,β-unsaturated/α-hetero) is 1. The molecule has 180 valence electrons. The fourth-order valence-electron chi connectivity index (χ4n) is 3.42. The summed E-state index contributed by atoms with van der Waals surface area (Å²) in [6, 6.07) is 18.8. The predicted molar refractivity (Wildman–Crippen MR) is 129 cm³/mol. The minimum Gasteiger partial charge on any atom is -0.460 e. The Morgan fingerprint density at radius 2 is 1.52 bits per heavy atom. The van der Waals surface area contributed by atoms with Gasteiger partial charge in [0.2, 0.25) is 0 Å². The van der Waals surface area contributed by atoms with Gasteiger partial charge in [0.05, 0.1) is 0 Å². The minimum atomic E-state index is -0.739. The van der Waals surface area contributed by atoms with Gasteiger partial charge in [0.1, 0.15) is 11.7 Å². The van der Waals surface area contributed by atoms with Crippen molar-refractivity contribution in [2.45, 2.75) is 57.8 Å². The zero-order valence-corrected chi connectivity index (χ0v) is 20.2. The van der Waals surface area contributed by atoms with E-state index in [1.54, 1.807) is 12.1 Å². The molecule has 2 aromatic rings. The molecule has 0 aromatic heterocycles. The Hall–Kier alpha value is -2.54. The maximum Gasteiger partial charge on any atom is 0.306 e. The van der Waals surface area contributed by atoms with Gasteiger partial charge in [-0.25, -0.2) is 0 Å². The molecule has 6 nitrogen and oxygen atoms in total. The molecule has 0 bridgehead atoms. The number of carbonyl (C=O) groups is 2. The molecular formula is C27H37NO5. The molecule has 2 atom stereocenters. The van der Waals surface area contributed by atoms with Crippen molar-refractivity contribution < 1.29 is 23.8 Å². The number of benzene rings is 2. The summed E-state index contributed by atoms with van der Waals surface area (Å²) in [7, 11) is 1.54. The van der Waals surface area contributed by atoms with Gasteiger partial charge in [0.15, 0.2) is 11.9 Å². The van der Waals surface area contributed by atoms with Gasteiger partial charge in [-0.2, -0.15) is 0 Å². The molecule has 33 heavy (non-hydrogen) atoms. The third-order valence-corrected chi connectivity index (χ3v) is 4.92. The van der Waals surface area contributed by atoms with E-state index in [1.165, 1.54) is 7.11 Å². The number of esters is 1. The number of nitrogens with one attached hydrogen (secondary N) is 1. The highest BCUT2D eigenvalue weighted by Gasteiger charge is 2.31. The second-order valence-corrected chi connectivity index (χ2v) is 8.88. The van der Waals surface area contributed by atoms with Crippen LogP contribution in [-0.4, -0.2) is 50.3 Å². The van der Waals surface area contributed by atoms with Crippen molar-refractivity contribution in [2.24, 2.45) is 0 Å². The van der Waals surface area contributed by atoms with Crippen LogP contribution in [0.5, 0.6) is 0 Å². The van der Waals surface area contributed by atoms with Gasteiger partial charge < -0.3 is 19.5 Å². The molecule has 0 radical (unpaired) electrons. The van der Waals surface area contributed by atoms with Crippen LogP contribution in [0, 0.1) is 0 Å². The zero-order chi connectivity index (χ0) is 24.1. The van der Waals surface area contributed by atoms with E-state index in [1.807, 2.05) is 69.3 Å². The number of hydrogen-bond acceptors (Lipinski definition) is 6. The van der Waals surface area contributed by atoms with Crippen LogP contribution in [0.1, 0.15) is 62.1 Å². The molecule has 0 saturated heterocycles. The highest BCUT2D eigenvalue weighted by atomic mass is 16.6. The maximum atomic E-state index is 13.1. The van der Waals surface area contributed by atoms with E-state index >= 15 is 0 Å². The molecule has 1 N–H and O–H groups in total. The number of carbonyl (C=O) groups excluding carboxylic acids is 2. The summed E-state index contributed by atoms with van der Waals surface area (Å²) in [6.07, 6.45) is 0.645. The summed E-state index contributed by atoms with van der Waals surface area (Å²) in [5.74, 6) is -0.278. The Morgan fingerprint density at radius 3 is 2.12 bits per heavy atom. The second kappa shape index (κ2) is 13.9. The summed E-state index contributed by atoms with van der Waals surface area (Å²) in [6.45, 7) is 7.56. The van der Waals surface area contributed by atoms with E-state index in [2.05, 4.69) is 5.32 Å². The molecule has 2 aromatic carbocycles. The monoisotopic (exact) mass is 455 g/mol. The predicted octanol–water partition coefficient (Wildman–Crippen LogP) is 4.74. The van der Waals surface area contributed by atoms with E-state index in [9.17, 15) is 9.59 Å². The first-order chi connectivity index (χ1) is 15.8. The molecule has 0 saturated carbocycles. The molecule has 6 heteroatoms. The van der Waals surface area contributed by atoms with Crippen LogP contribution in [-0.2, 0) is 19.0 Å². The standard InChI is InChI=1S/C27H37NO5/c1-27(2,3)33-23(29)17-11-18-28-19-12-20-32-25(22-15-9-6-10-16-22)26(31-4)24(30)21-13-7-5-8-14-21/h5-10,13-16,25-26,28H,11-12,17-20H2,1-4H3. The van der Waals surface area contributed by atoms with Crippen molar-refractivity contribution >= 4 is 11.8 Å². The van der Waals surface area contributed by atoms with Crippen molar-refractivity contribution in [1.29, 1.82) is 0 Å². The van der Waals surface area contributed by atoms with Gasteiger partial charge in [-0.05, 0) is 52.3 Å². The molecule has 2 rings (SSSR count). The van der Waals surface area contributed by atoms with Gasteiger partial charge in [0.25, 0.3) is 0 Å². The van der Waals surface area contributed by atoms with Crippen molar-refractivity contribution in [3.8, 4) is 0 Å². The highest BCUT2D eigenvalue weighted by molar-refractivity contribution is 6.00. The van der Waals surface area contributed by atoms with Crippen LogP contribution < -0.4 is 5.32 Å². The fraction of sp³-hybridized carbons (Fsp3) is 0.481. The first kappa shape index (κ1) is 26.7. The molecular weight excluding hydrogens is 418 g/mol. The van der Waals surface area contributed by atoms with E-state index in [0.29, 0.717) is 18.6 Å². The highest BCUT2D eigenvalue weighted by Crippen LogP contribution is 2.26. The summed E-state index contributed by atoms with van der Waals surface area (Å²) in [5, 5.41) is 3.32. The number of methoxy groups -OCH3 is 1. The fourth-order valence-corrected chi connectivity index (χ4v) is 3.42. The second-order valence-electron chi connectivity index (χ2n) is 8.88. The molecule has 0 amide bonds. The van der Waals surface area contributed by atoms with Crippen LogP contribution in [0.3, 0.4) is 0 Å². The molecule has 0 fully saturated rings. The number of hydrogen-bond donors (Lipinski definition) is 1. The summed E-state index contributed by atoms with van der Waals surface area (Å²) in [4.78, 5) is 24.8. The van der Waals surface area contributed by atoms with Crippen molar-refractivity contribution in [2.75, 3.05) is 26.8 Å². The number of rotatable bonds is 14. The lowest BCUT2D eigenvalue weighted by atomic mass is 9.97. The van der Waals surface area contributed by atoms with Gasteiger partial charge in [-0.1, -0.05) is 60.7 Å². The third-order valence-electron chi connectivity index (χ3n) is 4.92. The SMILES string of the molecule is COC(C(=O)c1ccccc1)C(OCCCNCCCC(=O)OC(C)(C)C)c1ccccc1. The molecule has 2 unspecified atom stereocenters. The minimum absolute atomic E-state index is 0.104. The van der Waals surface area contributed by atoms with E-state index in [4.69, 9.17) is 14.2 Å². The van der Waals surface area contributed by atoms with Crippen LogP contribution in [0.2, 0.25) is 0 Å². The lowest BCUT2D eigenvalue weighted by molar-refractivity contribution is -0.154. The molecule has 0 heterocycles. The Labute approximate surface area is 197 Å². The Kier molecular flexibility index (Phi) is 11.2. The van der Waals surface area contributed by atoms with E-state index in [0.717, 1.165) is 31.5 Å². The smallest absolute Gasteiger partial charge is 0.306 e. The first-order valence-corrected chi connectivity index (χ1v) is 11.5. The summed E-state index contributed by atoms with van der Waals surface area (Å²) >= 11 is 0. The van der Waals surface area contributed by atoms with E-state index < -0.39 is 17.8 Å². The quantitative estimate of drug-likeness (QED) is 0.252. The maximum absolute atomic E-state index is 13.1. The lowest BCUT2D eigenvalue weighted by Crippen LogP contribution is -2.32. The largest absolute Gasteiger partial charge is 0.460 e. The van der Waals surface area contributed by atoms with Gasteiger partial charge in [0, 0.05) is 25.7 Å². The average Bonchev–Trinajstić information content (AvgIpc) is 2.79. The van der Waals surface area contributed by atoms with Crippen LogP contribution in [0.25, 0.3) is 0 Å². The third kappa shape index (κ3) is 9.86. The zero-order valence-electron chi connectivity index (χ0n) is 20.2. The first-order valence-electron chi connectivity index (χ1n) is 11.5. The Balaban J connectivity index is 1.82. The van der Waals surface area contributed by atoms with Crippen molar-refractivity contribution in [3.05, 3.63) is 71.8 Å². The number of ether oxygens (including phenoxy) is 3. The topological polar surface area (TPSA) is 73.9 Å². The van der Waals surface area contributed by atoms with Crippen molar-refractivity contribution in [1.82, 2.24) is 5.32 Å². The molecule has 0 aliphatic rings. The van der Waals surface area contributed by atoms with Crippen LogP contribution in [0.4, 0.5) is 0 Å². The Bertz CT molecular complexity index is 833. The van der Waals surface area contributed by atoms with Gasteiger partial charge in [-0.3, -0.25) is 9.59 Å². The summed E-state index contributed by atoms with van der Waals surface area (Å²) < 4.78 is 17.1. The van der Waals surface area contributed by atoms with Gasteiger partial charge in [-0.15, -0.1) is 0 Å². The normalized spacial score (nSPS) is 13.3. The van der Waals surface area contributed by atoms with Crippen LogP contribution >= 0.6 is 0 Å². The van der Waals surface area contributed by atoms with Gasteiger partial charge >= 0.3 is 5.97 Å². The Morgan fingerprint density at radius 1 is 0.909 bits per heavy atom. The summed E-state index contributed by atoms with van der Waals surface area (Å²) in [5.41, 5.74) is 1.05. The molecule has 0 spiro atoms. The van der Waals surface area contributed by atoms with Crippen LogP contribution in [0.15, 0.2) is 60.7 Å². The average molecular weight is 456 g/mol. The molecule has 0 aliphatic carbocycles. The molecule has 0 aliphatic heterocycles. The van der Waals surface area contributed by atoms with Crippen molar-refractivity contribution in [3.63, 3.8) is 0 Å². The lowest BCUT2D eigenvalue weighted by Gasteiger charge is -2.26. The van der Waals surface area contributed by atoms with E-state index in [-0.39, 0.29) is 11.8 Å².